The molecule has 0 saturated heterocycles. The fraction of sp³-hybridized carbons (Fsp3) is 0.0833. The van der Waals surface area contributed by atoms with Crippen LogP contribution in [0.25, 0.3) is 6.08 Å². The summed E-state index contributed by atoms with van der Waals surface area (Å²) in [5, 5.41) is 23.7. The Bertz CT molecular complexity index is 1320. The monoisotopic (exact) mass is 541 g/mol. The minimum absolute atomic E-state index is 0.0132. The first-order valence-corrected chi connectivity index (χ1v) is 10.9. The molecule has 0 aliphatic rings. The molecule has 0 aliphatic carbocycles. The van der Waals surface area contributed by atoms with E-state index in [1.807, 2.05) is 24.3 Å². The molecule has 0 atom stereocenters. The maximum Gasteiger partial charge on any atom is 0.292 e. The summed E-state index contributed by atoms with van der Waals surface area (Å²) in [6.45, 7) is 0.200. The molecule has 8 nitrogen and oxygen atoms in total. The molecule has 172 valence electrons. The fourth-order valence-electron chi connectivity index (χ4n) is 2.97. The number of nitro groups is 1. The van der Waals surface area contributed by atoms with Gasteiger partial charge >= 0.3 is 0 Å². The zero-order chi connectivity index (χ0) is 24.7. The molecule has 0 aliphatic heterocycles. The predicted molar refractivity (Wildman–Crippen MR) is 132 cm³/mol. The van der Waals surface area contributed by atoms with E-state index >= 15 is 0 Å². The lowest BCUT2D eigenvalue weighted by molar-refractivity contribution is -0.383. The number of benzene rings is 3. The number of amides is 1. The van der Waals surface area contributed by atoms with Crippen molar-refractivity contribution in [2.75, 3.05) is 12.4 Å². The number of hydrogen-bond acceptors (Lipinski definition) is 6. The highest BCUT2D eigenvalue weighted by Crippen LogP contribution is 2.38. The molecule has 0 spiro atoms. The largest absolute Gasteiger partial charge is 0.493 e. The van der Waals surface area contributed by atoms with Gasteiger partial charge in [-0.3, -0.25) is 14.9 Å². The Hall–Kier alpha value is -3.87. The van der Waals surface area contributed by atoms with E-state index < -0.39 is 10.8 Å². The molecule has 3 aromatic carbocycles. The van der Waals surface area contributed by atoms with Gasteiger partial charge in [-0.25, -0.2) is 0 Å². The molecule has 1 amide bonds. The minimum atomic E-state index is -0.786. The number of nitro benzene ring substituents is 1. The number of hydrogen-bond donors (Lipinski definition) is 1. The van der Waals surface area contributed by atoms with E-state index in [9.17, 15) is 20.2 Å². The summed E-state index contributed by atoms with van der Waals surface area (Å²) >= 11 is 9.61. The van der Waals surface area contributed by atoms with Crippen molar-refractivity contribution in [3.8, 4) is 17.6 Å². The summed E-state index contributed by atoms with van der Waals surface area (Å²) in [4.78, 5) is 23.2. The van der Waals surface area contributed by atoms with Crippen LogP contribution in [-0.2, 0) is 11.4 Å². The van der Waals surface area contributed by atoms with Crippen molar-refractivity contribution in [1.29, 1.82) is 5.26 Å². The number of carbonyl (C=O) groups is 1. The summed E-state index contributed by atoms with van der Waals surface area (Å²) in [6, 6.07) is 18.0. The van der Waals surface area contributed by atoms with Crippen LogP contribution in [-0.4, -0.2) is 17.9 Å². The molecule has 34 heavy (non-hydrogen) atoms. The standard InChI is InChI=1S/C24H17BrClN3O5/c1-33-22-12-15(11-18(25)23(22)34-14-16-6-2-3-7-19(16)26)10-17(13-27)24(30)28-20-8-4-5-9-21(20)29(31)32/h2-12H,14H2,1H3,(H,28,30). The van der Waals surface area contributed by atoms with E-state index in [4.69, 9.17) is 21.1 Å². The highest BCUT2D eigenvalue weighted by Gasteiger charge is 2.18. The number of halogens is 2. The van der Waals surface area contributed by atoms with Crippen LogP contribution < -0.4 is 14.8 Å². The second-order valence-corrected chi connectivity index (χ2v) is 8.07. The summed E-state index contributed by atoms with van der Waals surface area (Å²) in [7, 11) is 1.46. The molecular weight excluding hydrogens is 526 g/mol. The Morgan fingerprint density at radius 2 is 1.94 bits per heavy atom. The van der Waals surface area contributed by atoms with Crippen molar-refractivity contribution in [2.45, 2.75) is 6.61 Å². The van der Waals surface area contributed by atoms with Crippen LogP contribution in [0, 0.1) is 21.4 Å². The van der Waals surface area contributed by atoms with Gasteiger partial charge in [0.1, 0.15) is 23.9 Å². The predicted octanol–water partition coefficient (Wildman–Crippen LogP) is 6.14. The highest BCUT2D eigenvalue weighted by atomic mass is 79.9. The number of nitriles is 1. The van der Waals surface area contributed by atoms with E-state index in [1.54, 1.807) is 24.3 Å². The maximum atomic E-state index is 12.6. The van der Waals surface area contributed by atoms with Crippen LogP contribution in [0.1, 0.15) is 11.1 Å². The Kier molecular flexibility index (Phi) is 8.24. The van der Waals surface area contributed by atoms with E-state index in [0.717, 1.165) is 5.56 Å². The van der Waals surface area contributed by atoms with Gasteiger partial charge in [-0.1, -0.05) is 41.9 Å². The van der Waals surface area contributed by atoms with E-state index in [1.165, 1.54) is 31.4 Å². The molecule has 0 saturated carbocycles. The topological polar surface area (TPSA) is 114 Å². The molecule has 0 fully saturated rings. The number of carbonyl (C=O) groups excluding carboxylic acids is 1. The van der Waals surface area contributed by atoms with Gasteiger partial charge in [0.2, 0.25) is 0 Å². The van der Waals surface area contributed by atoms with Gasteiger partial charge in [0, 0.05) is 16.7 Å². The van der Waals surface area contributed by atoms with Crippen molar-refractivity contribution < 1.29 is 19.2 Å². The third-order valence-electron chi connectivity index (χ3n) is 4.61. The number of anilines is 1. The minimum Gasteiger partial charge on any atom is -0.493 e. The van der Waals surface area contributed by atoms with Crippen LogP contribution in [0.3, 0.4) is 0 Å². The fourth-order valence-corrected chi connectivity index (χ4v) is 3.74. The second-order valence-electron chi connectivity index (χ2n) is 6.81. The van der Waals surface area contributed by atoms with Crippen molar-refractivity contribution in [3.63, 3.8) is 0 Å². The van der Waals surface area contributed by atoms with E-state index in [2.05, 4.69) is 21.2 Å². The second kappa shape index (κ2) is 11.3. The molecule has 0 aromatic heterocycles. The zero-order valence-electron chi connectivity index (χ0n) is 17.7. The van der Waals surface area contributed by atoms with Crippen LogP contribution in [0.4, 0.5) is 11.4 Å². The molecule has 0 bridgehead atoms. The van der Waals surface area contributed by atoms with Gasteiger partial charge in [0.15, 0.2) is 11.5 Å². The van der Waals surface area contributed by atoms with Crippen LogP contribution in [0.15, 0.2) is 70.7 Å². The van der Waals surface area contributed by atoms with Gasteiger partial charge < -0.3 is 14.8 Å². The van der Waals surface area contributed by atoms with Gasteiger partial charge in [0.05, 0.1) is 16.5 Å². The molecule has 3 aromatic rings. The van der Waals surface area contributed by atoms with Crippen molar-refractivity contribution in [1.82, 2.24) is 0 Å². The quantitative estimate of drug-likeness (QED) is 0.158. The smallest absolute Gasteiger partial charge is 0.292 e. The number of nitrogens with one attached hydrogen (secondary N) is 1. The third-order valence-corrected chi connectivity index (χ3v) is 5.56. The van der Waals surface area contributed by atoms with Gasteiger partial charge in [-0.2, -0.15) is 5.26 Å². The van der Waals surface area contributed by atoms with Crippen LogP contribution in [0.5, 0.6) is 11.5 Å². The number of methoxy groups -OCH3 is 1. The first-order chi connectivity index (χ1) is 16.3. The van der Waals surface area contributed by atoms with E-state index in [0.29, 0.717) is 26.6 Å². The third kappa shape index (κ3) is 5.92. The lowest BCUT2D eigenvalue weighted by Gasteiger charge is -2.14. The number of para-hydroxylation sites is 2. The lowest BCUT2D eigenvalue weighted by Crippen LogP contribution is -2.14. The molecule has 3 rings (SSSR count). The van der Waals surface area contributed by atoms with E-state index in [-0.39, 0.29) is 23.6 Å². The summed E-state index contributed by atoms with van der Waals surface area (Å²) < 4.78 is 11.8. The Balaban J connectivity index is 1.85. The van der Waals surface area contributed by atoms with Gasteiger partial charge in [0.25, 0.3) is 11.6 Å². The van der Waals surface area contributed by atoms with Gasteiger partial charge in [-0.15, -0.1) is 0 Å². The molecule has 0 radical (unpaired) electrons. The first kappa shape index (κ1) is 24.8. The highest BCUT2D eigenvalue weighted by molar-refractivity contribution is 9.10. The normalized spacial score (nSPS) is 10.8. The van der Waals surface area contributed by atoms with Crippen LogP contribution in [0.2, 0.25) is 5.02 Å². The average molecular weight is 543 g/mol. The number of nitrogens with zero attached hydrogens (tertiary/aromatic N) is 2. The summed E-state index contributed by atoms with van der Waals surface area (Å²) in [6.07, 6.45) is 1.34. The molecule has 0 unspecified atom stereocenters. The molecule has 0 heterocycles. The SMILES string of the molecule is COc1cc(C=C(C#N)C(=O)Nc2ccccc2[N+](=O)[O-])cc(Br)c1OCc1ccccc1Cl. The molecule has 10 heteroatoms. The van der Waals surface area contributed by atoms with Crippen molar-refractivity contribution >= 4 is 50.9 Å². The Morgan fingerprint density at radius 1 is 1.24 bits per heavy atom. The number of ether oxygens (including phenoxy) is 2. The lowest BCUT2D eigenvalue weighted by atomic mass is 10.1. The number of rotatable bonds is 8. The van der Waals surface area contributed by atoms with Crippen molar-refractivity contribution in [3.05, 3.63) is 97.0 Å². The summed E-state index contributed by atoms with van der Waals surface area (Å²) in [5.74, 6) is -0.00236. The Morgan fingerprint density at radius 3 is 2.62 bits per heavy atom. The van der Waals surface area contributed by atoms with Crippen molar-refractivity contribution in [2.24, 2.45) is 0 Å². The maximum absolute atomic E-state index is 12.6. The molecule has 1 N–H and O–H groups in total. The molecular formula is C24H17BrClN3O5. The zero-order valence-corrected chi connectivity index (χ0v) is 20.1. The van der Waals surface area contributed by atoms with Crippen LogP contribution >= 0.6 is 27.5 Å². The first-order valence-electron chi connectivity index (χ1n) is 9.74. The van der Waals surface area contributed by atoms with Gasteiger partial charge in [-0.05, 0) is 51.8 Å². The summed E-state index contributed by atoms with van der Waals surface area (Å²) in [5.41, 5.74) is 0.721. The average Bonchev–Trinajstić information content (AvgIpc) is 2.82. The Labute approximate surface area is 208 Å².